The lowest BCUT2D eigenvalue weighted by Gasteiger charge is -2.17. The van der Waals surface area contributed by atoms with Crippen molar-refractivity contribution in [3.63, 3.8) is 0 Å². The molecule has 0 aliphatic rings. The molecule has 0 atom stereocenters. The molecule has 2 aromatic heterocycles. The molecule has 0 unspecified atom stereocenters. The molecule has 0 aliphatic carbocycles. The van der Waals surface area contributed by atoms with E-state index < -0.39 is 0 Å². The number of fused-ring (bicyclic) bond motifs is 5. The van der Waals surface area contributed by atoms with Crippen LogP contribution in [0.5, 0.6) is 0 Å². The lowest BCUT2D eigenvalue weighted by molar-refractivity contribution is 1.51. The van der Waals surface area contributed by atoms with E-state index in [0.717, 1.165) is 5.22 Å². The molecule has 0 radical (unpaired) electrons. The maximum Gasteiger partial charge on any atom is 0.0434 e. The molecular weight excluding hydrogens is 653 g/mol. The predicted octanol–water partition coefficient (Wildman–Crippen LogP) is 13.2. The molecule has 0 nitrogen and oxygen atoms in total. The lowest BCUT2D eigenvalue weighted by Crippen LogP contribution is -2.21. The fourth-order valence-electron chi connectivity index (χ4n) is 8.39. The summed E-state index contributed by atoms with van der Waals surface area (Å²) in [6, 6.07) is 54.2. The number of rotatable bonds is 3. The summed E-state index contributed by atoms with van der Waals surface area (Å²) in [6.07, 6.45) is 2.30. The first-order valence-electron chi connectivity index (χ1n) is 17.4. The minimum Gasteiger partial charge on any atom is -0.135 e. The maximum atomic E-state index is 4.27. The highest BCUT2D eigenvalue weighted by molar-refractivity contribution is 7.26. The van der Waals surface area contributed by atoms with Gasteiger partial charge in [0.25, 0.3) is 0 Å². The average Bonchev–Trinajstić information content (AvgIpc) is 3.70. The summed E-state index contributed by atoms with van der Waals surface area (Å²) in [7, 11) is 0. The van der Waals surface area contributed by atoms with Gasteiger partial charge in [0, 0.05) is 40.9 Å². The van der Waals surface area contributed by atoms with Gasteiger partial charge >= 0.3 is 0 Å². The van der Waals surface area contributed by atoms with E-state index in [1.807, 2.05) is 22.7 Å². The number of benzene rings is 9. The van der Waals surface area contributed by atoms with Crippen molar-refractivity contribution in [1.82, 2.24) is 0 Å². The van der Waals surface area contributed by atoms with Crippen molar-refractivity contribution in [2.24, 2.45) is 0 Å². The van der Waals surface area contributed by atoms with E-state index >= 15 is 0 Å². The van der Waals surface area contributed by atoms with Crippen LogP contribution in [0.15, 0.2) is 146 Å². The van der Waals surface area contributed by atoms with Crippen molar-refractivity contribution in [1.29, 1.82) is 0 Å². The summed E-state index contributed by atoms with van der Waals surface area (Å²) in [5, 5.41) is 16.7. The fourth-order valence-corrected chi connectivity index (χ4v) is 10.9. The summed E-state index contributed by atoms with van der Waals surface area (Å²) in [5.74, 6) is 0. The smallest absolute Gasteiger partial charge is 0.0434 e. The molecule has 0 saturated carbocycles. The molecule has 238 valence electrons. The minimum atomic E-state index is 1.05. The molecule has 2 heteroatoms. The average molecular weight is 683 g/mol. The first-order valence-corrected chi connectivity index (χ1v) is 19.1. The Morgan fingerprint density at radius 3 is 1.73 bits per heavy atom. The summed E-state index contributed by atoms with van der Waals surface area (Å²) < 4.78 is 4.03. The summed E-state index contributed by atoms with van der Waals surface area (Å²) in [5.41, 5.74) is 6.51. The number of aryl methyl sites for hydroxylation is 1. The van der Waals surface area contributed by atoms with Crippen LogP contribution < -0.4 is 10.4 Å². The van der Waals surface area contributed by atoms with Gasteiger partial charge in [0.05, 0.1) is 0 Å². The quantitative estimate of drug-likeness (QED) is 0.163. The Kier molecular flexibility index (Phi) is 6.16. The normalized spacial score (nSPS) is 12.6. The zero-order valence-corrected chi connectivity index (χ0v) is 29.6. The highest BCUT2D eigenvalue weighted by Gasteiger charge is 2.19. The first-order chi connectivity index (χ1) is 25.1. The number of thiophene rings is 2. The fraction of sp³-hybridized carbons (Fsp3) is 0.0204. The molecule has 2 heterocycles. The largest absolute Gasteiger partial charge is 0.135 e. The number of hydrogen-bond acceptors (Lipinski definition) is 2. The van der Waals surface area contributed by atoms with Crippen LogP contribution >= 0.6 is 22.7 Å². The van der Waals surface area contributed by atoms with Crippen LogP contribution in [0, 0.1) is 6.92 Å². The van der Waals surface area contributed by atoms with E-state index in [1.165, 1.54) is 111 Å². The highest BCUT2D eigenvalue weighted by Crippen LogP contribution is 2.47. The monoisotopic (exact) mass is 682 g/mol. The Bertz CT molecular complexity index is 3340. The van der Waals surface area contributed by atoms with Crippen LogP contribution in [0.3, 0.4) is 0 Å². The van der Waals surface area contributed by atoms with Gasteiger partial charge in [-0.1, -0.05) is 140 Å². The van der Waals surface area contributed by atoms with E-state index in [2.05, 4.69) is 165 Å². The molecule has 9 aromatic carbocycles. The van der Waals surface area contributed by atoms with Gasteiger partial charge in [0.2, 0.25) is 0 Å². The standard InChI is InChI=1S/C49H30S2/c1-28-9-3-4-10-32(28)26-44-29(2)35-13-7-14-40(48(35)50-44)36-21-17-30-20-24-39-37(22-18-31-19-23-38(36)46(30)47(31)39)41-15-8-16-42-43-25-33-11-5-6-12-34(33)27-45(43)51-49(41)42/h3-27H,1H2,2H3/b32-26-. The van der Waals surface area contributed by atoms with E-state index in [0.29, 0.717) is 0 Å². The van der Waals surface area contributed by atoms with Crippen molar-refractivity contribution in [3.8, 4) is 22.3 Å². The van der Waals surface area contributed by atoms with Gasteiger partial charge in [-0.25, -0.2) is 0 Å². The van der Waals surface area contributed by atoms with E-state index in [1.54, 1.807) is 0 Å². The van der Waals surface area contributed by atoms with Gasteiger partial charge in [-0.3, -0.25) is 0 Å². The predicted molar refractivity (Wildman–Crippen MR) is 226 cm³/mol. The second kappa shape index (κ2) is 10.8. The van der Waals surface area contributed by atoms with Crippen LogP contribution in [0.1, 0.15) is 10.4 Å². The van der Waals surface area contributed by atoms with Gasteiger partial charge in [0.1, 0.15) is 0 Å². The second-order valence-corrected chi connectivity index (χ2v) is 15.8. The Morgan fingerprint density at radius 2 is 1.04 bits per heavy atom. The molecule has 0 N–H and O–H groups in total. The minimum absolute atomic E-state index is 1.05. The van der Waals surface area contributed by atoms with E-state index in [-0.39, 0.29) is 0 Å². The second-order valence-electron chi connectivity index (χ2n) is 13.7. The molecule has 0 spiro atoms. The van der Waals surface area contributed by atoms with Crippen LogP contribution in [0.25, 0.3) is 108 Å². The molecule has 0 bridgehead atoms. The lowest BCUT2D eigenvalue weighted by atomic mass is 9.87. The summed E-state index contributed by atoms with van der Waals surface area (Å²) >= 11 is 3.81. The van der Waals surface area contributed by atoms with Crippen molar-refractivity contribution in [3.05, 3.63) is 166 Å². The van der Waals surface area contributed by atoms with Crippen LogP contribution in [-0.4, -0.2) is 0 Å². The zero-order valence-electron chi connectivity index (χ0n) is 28.0. The van der Waals surface area contributed by atoms with E-state index in [9.17, 15) is 0 Å². The van der Waals surface area contributed by atoms with Crippen molar-refractivity contribution < 1.29 is 0 Å². The number of hydrogen-bond donors (Lipinski definition) is 0. The third-order valence-electron chi connectivity index (χ3n) is 11.0. The molecule has 0 aliphatic heterocycles. The highest BCUT2D eigenvalue weighted by atomic mass is 32.1. The van der Waals surface area contributed by atoms with E-state index in [4.69, 9.17) is 0 Å². The van der Waals surface area contributed by atoms with Gasteiger partial charge in [0.15, 0.2) is 0 Å². The Labute approximate surface area is 302 Å². The topological polar surface area (TPSA) is 0 Å². The maximum absolute atomic E-state index is 4.27. The van der Waals surface area contributed by atoms with Crippen LogP contribution in [0.2, 0.25) is 0 Å². The first kappa shape index (κ1) is 29.0. The molecule has 0 saturated heterocycles. The zero-order chi connectivity index (χ0) is 33.8. The Hall–Kier alpha value is -5.80. The molecule has 0 amide bonds. The summed E-state index contributed by atoms with van der Waals surface area (Å²) in [6.45, 7) is 6.53. The van der Waals surface area contributed by atoms with Crippen LogP contribution in [-0.2, 0) is 0 Å². The van der Waals surface area contributed by atoms with Crippen molar-refractivity contribution >= 4 is 109 Å². The molecular formula is C49H30S2. The molecule has 0 fully saturated rings. The van der Waals surface area contributed by atoms with Gasteiger partial charge in [-0.2, -0.15) is 0 Å². The molecule has 11 rings (SSSR count). The Balaban J connectivity index is 1.15. The Morgan fingerprint density at radius 1 is 0.451 bits per heavy atom. The van der Waals surface area contributed by atoms with Crippen LogP contribution in [0.4, 0.5) is 0 Å². The third kappa shape index (κ3) is 4.24. The summed E-state index contributed by atoms with van der Waals surface area (Å²) in [4.78, 5) is 1.29. The SMILES string of the molecule is C=c1cccc/c1=C/c1sc2c(-c3ccc4ccc5c(-c6cccc7c6sc6cc8ccccc8cc67)ccc6ccc3c4c65)cccc2c1C. The molecule has 11 aromatic rings. The molecule has 51 heavy (non-hydrogen) atoms. The van der Waals surface area contributed by atoms with Gasteiger partial charge in [-0.05, 0) is 101 Å². The van der Waals surface area contributed by atoms with Gasteiger partial charge in [-0.15, -0.1) is 22.7 Å². The van der Waals surface area contributed by atoms with Crippen molar-refractivity contribution in [2.75, 3.05) is 0 Å². The van der Waals surface area contributed by atoms with Crippen molar-refractivity contribution in [2.45, 2.75) is 6.92 Å². The van der Waals surface area contributed by atoms with Gasteiger partial charge < -0.3 is 0 Å². The third-order valence-corrected chi connectivity index (χ3v) is 13.4.